The molecule has 1 amide bonds. The molecule has 0 saturated carbocycles. The van der Waals surface area contributed by atoms with Crippen molar-refractivity contribution < 1.29 is 27.9 Å². The van der Waals surface area contributed by atoms with E-state index in [9.17, 15) is 23.1 Å². The molecule has 1 aliphatic rings. The molecule has 1 atom stereocenters. The highest BCUT2D eigenvalue weighted by atomic mass is 32.2. The van der Waals surface area contributed by atoms with Crippen LogP contribution in [0.2, 0.25) is 0 Å². The molecule has 0 aliphatic carbocycles. The van der Waals surface area contributed by atoms with Crippen LogP contribution in [0.25, 0.3) is 0 Å². The van der Waals surface area contributed by atoms with Crippen LogP contribution in [0.3, 0.4) is 0 Å². The van der Waals surface area contributed by atoms with Gasteiger partial charge in [-0.2, -0.15) is 4.31 Å². The minimum atomic E-state index is -3.63. The average molecular weight is 384 g/mol. The maximum absolute atomic E-state index is 12.5. The molecule has 26 heavy (non-hydrogen) atoms. The number of benzene rings is 1. The van der Waals surface area contributed by atoms with E-state index in [1.165, 1.54) is 28.6 Å². The van der Waals surface area contributed by atoms with Crippen molar-refractivity contribution in [3.63, 3.8) is 0 Å². The summed E-state index contributed by atoms with van der Waals surface area (Å²) in [6, 6.07) is 4.50. The van der Waals surface area contributed by atoms with Crippen LogP contribution in [0.5, 0.6) is 0 Å². The number of hydrogen-bond acceptors (Lipinski definition) is 5. The molecule has 1 aromatic carbocycles. The van der Waals surface area contributed by atoms with Crippen molar-refractivity contribution in [3.05, 3.63) is 29.8 Å². The number of nitrogens with zero attached hydrogens (tertiary/aromatic N) is 1. The molecule has 2 rings (SSSR count). The van der Waals surface area contributed by atoms with Crippen molar-refractivity contribution in [3.8, 4) is 0 Å². The monoisotopic (exact) mass is 384 g/mol. The maximum Gasteiger partial charge on any atom is 0.326 e. The molecular weight excluding hydrogens is 360 g/mol. The van der Waals surface area contributed by atoms with Gasteiger partial charge in [0.2, 0.25) is 10.0 Å². The molecule has 0 radical (unpaired) electrons. The molecule has 8 nitrogen and oxygen atoms in total. The summed E-state index contributed by atoms with van der Waals surface area (Å²) in [6.45, 7) is 5.03. The van der Waals surface area contributed by atoms with E-state index in [0.717, 1.165) is 0 Å². The molecule has 1 aromatic rings. The third-order valence-corrected chi connectivity index (χ3v) is 5.95. The molecule has 1 heterocycles. The van der Waals surface area contributed by atoms with Crippen molar-refractivity contribution in [2.24, 2.45) is 5.92 Å². The first-order chi connectivity index (χ1) is 12.2. The number of nitrogens with one attached hydrogen (secondary N) is 1. The molecule has 9 heteroatoms. The van der Waals surface area contributed by atoms with E-state index in [2.05, 4.69) is 5.32 Å². The third-order valence-electron chi connectivity index (χ3n) is 4.03. The van der Waals surface area contributed by atoms with E-state index >= 15 is 0 Å². The summed E-state index contributed by atoms with van der Waals surface area (Å²) in [5.41, 5.74) is 0.209. The Morgan fingerprint density at radius 3 is 2.27 bits per heavy atom. The fourth-order valence-corrected chi connectivity index (χ4v) is 4.06. The smallest absolute Gasteiger partial charge is 0.326 e. The van der Waals surface area contributed by atoms with Crippen molar-refractivity contribution in [2.45, 2.75) is 31.2 Å². The van der Waals surface area contributed by atoms with Crippen LogP contribution in [0.4, 0.5) is 0 Å². The Kier molecular flexibility index (Phi) is 6.74. The van der Waals surface area contributed by atoms with Gasteiger partial charge in [-0.25, -0.2) is 13.2 Å². The lowest BCUT2D eigenvalue weighted by Crippen LogP contribution is -2.41. The topological polar surface area (TPSA) is 113 Å². The standard InChI is InChI=1S/C17H24N2O6S/c1-12(2)11-15(17(21)22)18-16(20)13-3-5-14(6-4-13)26(23,24)19-7-9-25-10-8-19/h3-6,12,15H,7-11H2,1-2H3,(H,18,20)(H,21,22). The summed E-state index contributed by atoms with van der Waals surface area (Å²) in [5.74, 6) is -1.54. The van der Waals surface area contributed by atoms with E-state index in [1.54, 1.807) is 0 Å². The number of carboxylic acids is 1. The predicted molar refractivity (Wildman–Crippen MR) is 94.4 cm³/mol. The summed E-state index contributed by atoms with van der Waals surface area (Å²) in [7, 11) is -3.63. The number of sulfonamides is 1. The first-order valence-corrected chi connectivity index (χ1v) is 9.87. The van der Waals surface area contributed by atoms with E-state index in [4.69, 9.17) is 4.74 Å². The van der Waals surface area contributed by atoms with E-state index in [0.29, 0.717) is 32.7 Å². The fourth-order valence-electron chi connectivity index (χ4n) is 2.65. The lowest BCUT2D eigenvalue weighted by atomic mass is 10.0. The van der Waals surface area contributed by atoms with Gasteiger partial charge < -0.3 is 15.2 Å². The fraction of sp³-hybridized carbons (Fsp3) is 0.529. The summed E-state index contributed by atoms with van der Waals surface area (Å²) in [4.78, 5) is 23.6. The molecule has 0 spiro atoms. The van der Waals surface area contributed by atoms with Crippen molar-refractivity contribution >= 4 is 21.9 Å². The zero-order chi connectivity index (χ0) is 19.3. The van der Waals surface area contributed by atoms with E-state index in [-0.39, 0.29) is 16.4 Å². The first kappa shape index (κ1) is 20.3. The lowest BCUT2D eigenvalue weighted by molar-refractivity contribution is -0.139. The lowest BCUT2D eigenvalue weighted by Gasteiger charge is -2.26. The van der Waals surface area contributed by atoms with Crippen LogP contribution < -0.4 is 5.32 Å². The van der Waals surface area contributed by atoms with Crippen LogP contribution >= 0.6 is 0 Å². The highest BCUT2D eigenvalue weighted by molar-refractivity contribution is 7.89. The predicted octanol–water partition coefficient (Wildman–Crippen LogP) is 0.937. The van der Waals surface area contributed by atoms with Crippen LogP contribution in [0, 0.1) is 5.92 Å². The van der Waals surface area contributed by atoms with Gasteiger partial charge in [-0.1, -0.05) is 13.8 Å². The number of amides is 1. The molecule has 1 aliphatic heterocycles. The van der Waals surface area contributed by atoms with E-state index < -0.39 is 27.9 Å². The molecule has 0 bridgehead atoms. The number of carboxylic acid groups (broad SMARTS) is 1. The van der Waals surface area contributed by atoms with Gasteiger partial charge in [0.1, 0.15) is 6.04 Å². The minimum Gasteiger partial charge on any atom is -0.480 e. The van der Waals surface area contributed by atoms with Crippen molar-refractivity contribution in [1.82, 2.24) is 9.62 Å². The highest BCUT2D eigenvalue weighted by Crippen LogP contribution is 2.18. The van der Waals surface area contributed by atoms with Crippen molar-refractivity contribution in [1.29, 1.82) is 0 Å². The van der Waals surface area contributed by atoms with Crippen LogP contribution in [-0.2, 0) is 19.6 Å². The Balaban J connectivity index is 2.10. The zero-order valence-electron chi connectivity index (χ0n) is 14.8. The van der Waals surface area contributed by atoms with Crippen LogP contribution in [-0.4, -0.2) is 62.1 Å². The number of morpholine rings is 1. The number of ether oxygens (including phenoxy) is 1. The Morgan fingerprint density at radius 2 is 1.77 bits per heavy atom. The summed E-state index contributed by atoms with van der Waals surface area (Å²) < 4.78 is 31.6. The molecule has 1 unspecified atom stereocenters. The third kappa shape index (κ3) is 5.03. The Morgan fingerprint density at radius 1 is 1.19 bits per heavy atom. The van der Waals surface area contributed by atoms with Gasteiger partial charge in [-0.3, -0.25) is 4.79 Å². The second-order valence-corrected chi connectivity index (χ2v) is 8.47. The van der Waals surface area contributed by atoms with Gasteiger partial charge in [-0.05, 0) is 36.6 Å². The number of carbonyl (C=O) groups excluding carboxylic acids is 1. The van der Waals surface area contributed by atoms with Gasteiger partial charge >= 0.3 is 5.97 Å². The SMILES string of the molecule is CC(C)CC(NC(=O)c1ccc(S(=O)(=O)N2CCOCC2)cc1)C(=O)O. The molecule has 1 saturated heterocycles. The van der Waals surface area contributed by atoms with Gasteiger partial charge in [0, 0.05) is 18.7 Å². The average Bonchev–Trinajstić information content (AvgIpc) is 2.61. The van der Waals surface area contributed by atoms with Gasteiger partial charge in [0.05, 0.1) is 18.1 Å². The maximum atomic E-state index is 12.5. The Bertz CT molecular complexity index is 739. The molecule has 144 valence electrons. The number of rotatable bonds is 7. The largest absolute Gasteiger partial charge is 0.480 e. The molecule has 0 aromatic heterocycles. The minimum absolute atomic E-state index is 0.0907. The molecular formula is C17H24N2O6S. The number of carbonyl (C=O) groups is 2. The number of hydrogen-bond donors (Lipinski definition) is 2. The van der Waals surface area contributed by atoms with Crippen LogP contribution in [0.1, 0.15) is 30.6 Å². The Hall–Kier alpha value is -1.97. The van der Waals surface area contributed by atoms with Crippen molar-refractivity contribution in [2.75, 3.05) is 26.3 Å². The van der Waals surface area contributed by atoms with Gasteiger partial charge in [0.25, 0.3) is 5.91 Å². The molecule has 2 N–H and O–H groups in total. The quantitative estimate of drug-likeness (QED) is 0.723. The Labute approximate surface area is 153 Å². The highest BCUT2D eigenvalue weighted by Gasteiger charge is 2.27. The van der Waals surface area contributed by atoms with Crippen LogP contribution in [0.15, 0.2) is 29.2 Å². The van der Waals surface area contributed by atoms with E-state index in [1.807, 2.05) is 13.8 Å². The molecule has 1 fully saturated rings. The first-order valence-electron chi connectivity index (χ1n) is 8.43. The van der Waals surface area contributed by atoms with Gasteiger partial charge in [-0.15, -0.1) is 0 Å². The summed E-state index contributed by atoms with van der Waals surface area (Å²) >= 11 is 0. The normalized spacial score (nSPS) is 17.0. The summed E-state index contributed by atoms with van der Waals surface area (Å²) in [5, 5.41) is 11.7. The summed E-state index contributed by atoms with van der Waals surface area (Å²) in [6.07, 6.45) is 0.310. The zero-order valence-corrected chi connectivity index (χ0v) is 15.7. The number of aliphatic carboxylic acids is 1. The van der Waals surface area contributed by atoms with Gasteiger partial charge in [0.15, 0.2) is 0 Å². The second-order valence-electron chi connectivity index (χ2n) is 6.53. The second kappa shape index (κ2) is 8.61.